The molecule has 0 unspecified atom stereocenters. The van der Waals surface area contributed by atoms with Crippen LogP contribution in [0.5, 0.6) is 6.01 Å². The lowest BCUT2D eigenvalue weighted by molar-refractivity contribution is 0.376. The molecule has 4 heterocycles. The molecule has 31 heavy (non-hydrogen) atoms. The summed E-state index contributed by atoms with van der Waals surface area (Å²) in [5.41, 5.74) is 2.20. The van der Waals surface area contributed by atoms with Crippen molar-refractivity contribution in [3.05, 3.63) is 47.8 Å². The zero-order chi connectivity index (χ0) is 21.1. The molecule has 158 valence electrons. The molecular formula is C22H24N8O. The first-order valence-electron chi connectivity index (χ1n) is 10.6. The highest BCUT2D eigenvalue weighted by atomic mass is 16.5. The minimum absolute atomic E-state index is 0.341. The second-order valence-electron chi connectivity index (χ2n) is 8.39. The summed E-state index contributed by atoms with van der Waals surface area (Å²) >= 11 is 0. The highest BCUT2D eigenvalue weighted by Gasteiger charge is 2.34. The van der Waals surface area contributed by atoms with Crippen LogP contribution in [-0.4, -0.2) is 54.5 Å². The second kappa shape index (κ2) is 6.76. The van der Waals surface area contributed by atoms with Crippen LogP contribution in [0.25, 0.3) is 16.9 Å². The van der Waals surface area contributed by atoms with Gasteiger partial charge in [0.2, 0.25) is 0 Å². The van der Waals surface area contributed by atoms with Crippen molar-refractivity contribution in [1.82, 2.24) is 34.3 Å². The fourth-order valence-electron chi connectivity index (χ4n) is 4.33. The Balaban J connectivity index is 1.30. The number of para-hydroxylation sites is 2. The summed E-state index contributed by atoms with van der Waals surface area (Å²) in [6.07, 6.45) is 2.30. The molecule has 4 aromatic rings. The third-order valence-corrected chi connectivity index (χ3v) is 6.15. The van der Waals surface area contributed by atoms with Gasteiger partial charge in [0.15, 0.2) is 5.82 Å². The predicted molar refractivity (Wildman–Crippen MR) is 116 cm³/mol. The third-order valence-electron chi connectivity index (χ3n) is 6.15. The summed E-state index contributed by atoms with van der Waals surface area (Å²) in [7, 11) is 3.68. The fourth-order valence-corrected chi connectivity index (χ4v) is 4.33. The van der Waals surface area contributed by atoms with Crippen molar-refractivity contribution in [3.63, 3.8) is 0 Å². The summed E-state index contributed by atoms with van der Waals surface area (Å²) in [6, 6.07) is 10.6. The topological polar surface area (TPSA) is 86.8 Å². The molecule has 2 fully saturated rings. The summed E-state index contributed by atoms with van der Waals surface area (Å²) in [5.74, 6) is 5.22. The number of hydrogen-bond acceptors (Lipinski definition) is 7. The first-order valence-corrected chi connectivity index (χ1v) is 10.6. The maximum absolute atomic E-state index is 5.40. The van der Waals surface area contributed by atoms with Crippen LogP contribution in [0, 0.1) is 6.92 Å². The van der Waals surface area contributed by atoms with Crippen LogP contribution in [0.1, 0.15) is 42.2 Å². The fraction of sp³-hybridized carbons (Fsp3) is 0.409. The molecule has 0 N–H and O–H groups in total. The number of rotatable bonds is 5. The van der Waals surface area contributed by atoms with E-state index in [9.17, 15) is 0 Å². The first kappa shape index (κ1) is 18.3. The molecule has 9 heteroatoms. The molecule has 0 bridgehead atoms. The standard InChI is InChI=1S/C22H24N8O/c1-13-23-21(14-8-9-14)30(27-13)19-10-18(25-22(26-19)31-3)29-11-15(12-29)20-24-16-6-4-5-7-17(16)28(20)2/h4-7,10,14-15H,8-9,11-12H2,1-3H3. The zero-order valence-electron chi connectivity index (χ0n) is 17.9. The van der Waals surface area contributed by atoms with Crippen molar-refractivity contribution >= 4 is 16.9 Å². The lowest BCUT2D eigenvalue weighted by atomic mass is 9.99. The Morgan fingerprint density at radius 2 is 1.71 bits per heavy atom. The van der Waals surface area contributed by atoms with Gasteiger partial charge in [-0.3, -0.25) is 0 Å². The Morgan fingerprint density at radius 1 is 0.935 bits per heavy atom. The van der Waals surface area contributed by atoms with Crippen LogP contribution in [0.2, 0.25) is 0 Å². The molecule has 1 aliphatic carbocycles. The van der Waals surface area contributed by atoms with E-state index in [0.29, 0.717) is 23.7 Å². The average Bonchev–Trinajstić information content (AvgIpc) is 3.45. The van der Waals surface area contributed by atoms with Gasteiger partial charge in [0, 0.05) is 32.1 Å². The number of benzene rings is 1. The van der Waals surface area contributed by atoms with Crippen LogP contribution >= 0.6 is 0 Å². The molecule has 9 nitrogen and oxygen atoms in total. The van der Waals surface area contributed by atoms with Crippen molar-refractivity contribution in [2.75, 3.05) is 25.1 Å². The number of anilines is 1. The molecule has 1 saturated carbocycles. The van der Waals surface area contributed by atoms with Crippen LogP contribution in [0.3, 0.4) is 0 Å². The smallest absolute Gasteiger partial charge is 0.320 e. The van der Waals surface area contributed by atoms with Crippen LogP contribution in [-0.2, 0) is 7.05 Å². The van der Waals surface area contributed by atoms with E-state index in [0.717, 1.165) is 60.3 Å². The number of methoxy groups -OCH3 is 1. The van der Waals surface area contributed by atoms with E-state index in [-0.39, 0.29) is 0 Å². The van der Waals surface area contributed by atoms with Crippen molar-refractivity contribution in [2.45, 2.75) is 31.6 Å². The largest absolute Gasteiger partial charge is 0.467 e. The SMILES string of the molecule is COc1nc(N2CC(c3nc4ccccc4n3C)C2)cc(-n2nc(C)nc2C2CC2)n1. The third kappa shape index (κ3) is 3.03. The molecule has 0 radical (unpaired) electrons. The number of ether oxygens (including phenoxy) is 1. The maximum Gasteiger partial charge on any atom is 0.320 e. The average molecular weight is 416 g/mol. The Hall–Kier alpha value is -3.49. The van der Waals surface area contributed by atoms with Gasteiger partial charge in [-0.05, 0) is 31.9 Å². The summed E-state index contributed by atoms with van der Waals surface area (Å²) in [4.78, 5) is 20.9. The minimum Gasteiger partial charge on any atom is -0.467 e. The molecule has 2 aliphatic rings. The molecule has 0 atom stereocenters. The van der Waals surface area contributed by atoms with Gasteiger partial charge in [-0.15, -0.1) is 5.10 Å². The lowest BCUT2D eigenvalue weighted by Crippen LogP contribution is -2.46. The highest BCUT2D eigenvalue weighted by molar-refractivity contribution is 5.76. The molecule has 1 aliphatic heterocycles. The number of nitrogens with zero attached hydrogens (tertiary/aromatic N) is 8. The molecule has 3 aromatic heterocycles. The van der Waals surface area contributed by atoms with Gasteiger partial charge in [0.05, 0.1) is 24.1 Å². The number of fused-ring (bicyclic) bond motifs is 1. The Labute approximate surface area is 179 Å². The number of aryl methyl sites for hydroxylation is 2. The van der Waals surface area contributed by atoms with E-state index in [2.05, 4.69) is 54.8 Å². The van der Waals surface area contributed by atoms with Gasteiger partial charge < -0.3 is 14.2 Å². The Morgan fingerprint density at radius 3 is 2.45 bits per heavy atom. The quantitative estimate of drug-likeness (QED) is 0.494. The van der Waals surface area contributed by atoms with E-state index in [1.165, 1.54) is 0 Å². The number of aromatic nitrogens is 7. The van der Waals surface area contributed by atoms with Gasteiger partial charge in [-0.2, -0.15) is 14.6 Å². The molecule has 6 rings (SSSR count). The predicted octanol–water partition coefficient (Wildman–Crippen LogP) is 2.74. The van der Waals surface area contributed by atoms with E-state index in [1.807, 2.05) is 23.7 Å². The highest BCUT2D eigenvalue weighted by Crippen LogP contribution is 2.40. The van der Waals surface area contributed by atoms with E-state index >= 15 is 0 Å². The van der Waals surface area contributed by atoms with Gasteiger partial charge in [-0.25, -0.2) is 9.97 Å². The van der Waals surface area contributed by atoms with Gasteiger partial charge in [0.1, 0.15) is 23.3 Å². The molecular weight excluding hydrogens is 392 g/mol. The Kier molecular flexibility index (Phi) is 3.99. The van der Waals surface area contributed by atoms with Crippen molar-refractivity contribution in [2.24, 2.45) is 7.05 Å². The monoisotopic (exact) mass is 416 g/mol. The van der Waals surface area contributed by atoms with E-state index < -0.39 is 0 Å². The molecule has 0 amide bonds. The van der Waals surface area contributed by atoms with E-state index in [4.69, 9.17) is 9.72 Å². The van der Waals surface area contributed by atoms with Crippen molar-refractivity contribution in [1.29, 1.82) is 0 Å². The molecule has 1 saturated heterocycles. The summed E-state index contributed by atoms with van der Waals surface area (Å²) in [5, 5.41) is 4.59. The zero-order valence-corrected chi connectivity index (χ0v) is 17.9. The number of imidazole rings is 1. The van der Waals surface area contributed by atoms with Crippen LogP contribution in [0.4, 0.5) is 5.82 Å². The minimum atomic E-state index is 0.341. The van der Waals surface area contributed by atoms with Crippen LogP contribution < -0.4 is 9.64 Å². The summed E-state index contributed by atoms with van der Waals surface area (Å²) < 4.78 is 9.45. The van der Waals surface area contributed by atoms with Crippen LogP contribution in [0.15, 0.2) is 30.3 Å². The summed E-state index contributed by atoms with van der Waals surface area (Å²) in [6.45, 7) is 3.61. The van der Waals surface area contributed by atoms with Gasteiger partial charge >= 0.3 is 6.01 Å². The Bertz CT molecular complexity index is 1280. The second-order valence-corrected chi connectivity index (χ2v) is 8.39. The molecule has 1 aromatic carbocycles. The first-order chi connectivity index (χ1) is 15.1. The molecule has 0 spiro atoms. The van der Waals surface area contributed by atoms with Crippen molar-refractivity contribution in [3.8, 4) is 11.8 Å². The normalized spacial score (nSPS) is 16.7. The van der Waals surface area contributed by atoms with Crippen molar-refractivity contribution < 1.29 is 4.74 Å². The van der Waals surface area contributed by atoms with Gasteiger partial charge in [0.25, 0.3) is 0 Å². The lowest BCUT2D eigenvalue weighted by Gasteiger charge is -2.39. The number of hydrogen-bond donors (Lipinski definition) is 0. The van der Waals surface area contributed by atoms with E-state index in [1.54, 1.807) is 7.11 Å². The maximum atomic E-state index is 5.40. The van der Waals surface area contributed by atoms with Gasteiger partial charge in [-0.1, -0.05) is 12.1 Å².